The fourth-order valence-corrected chi connectivity index (χ4v) is 2.88. The highest BCUT2D eigenvalue weighted by Crippen LogP contribution is 2.26. The number of hydrogen-bond donors (Lipinski definition) is 1. The van der Waals surface area contributed by atoms with Crippen molar-refractivity contribution in [3.8, 4) is 0 Å². The fourth-order valence-electron chi connectivity index (χ4n) is 1.88. The molecule has 0 aromatic carbocycles. The minimum Gasteiger partial charge on any atom is -0.469 e. The van der Waals surface area contributed by atoms with Crippen molar-refractivity contribution in [2.75, 3.05) is 6.54 Å². The van der Waals surface area contributed by atoms with E-state index in [2.05, 4.69) is 30.6 Å². The lowest BCUT2D eigenvalue weighted by Crippen LogP contribution is -2.22. The minimum absolute atomic E-state index is 0.371. The van der Waals surface area contributed by atoms with E-state index in [1.165, 1.54) is 10.4 Å². The molecule has 2 aromatic heterocycles. The number of likely N-dealkylation sites (N-methyl/N-ethyl adjacent to an activating group) is 1. The van der Waals surface area contributed by atoms with Crippen LogP contribution in [0.3, 0.4) is 0 Å². The van der Waals surface area contributed by atoms with Gasteiger partial charge in [-0.15, -0.1) is 11.3 Å². The Labute approximate surface area is 100 Å². The Morgan fingerprint density at radius 2 is 2.31 bits per heavy atom. The summed E-state index contributed by atoms with van der Waals surface area (Å²) in [5, 5.41) is 5.66. The van der Waals surface area contributed by atoms with Crippen molar-refractivity contribution in [3.05, 3.63) is 46.0 Å². The summed E-state index contributed by atoms with van der Waals surface area (Å²) in [4.78, 5) is 1.42. The van der Waals surface area contributed by atoms with Crippen LogP contribution in [0.4, 0.5) is 0 Å². The van der Waals surface area contributed by atoms with Gasteiger partial charge in [-0.1, -0.05) is 6.92 Å². The minimum atomic E-state index is 0.371. The Morgan fingerprint density at radius 1 is 1.44 bits per heavy atom. The smallest absolute Gasteiger partial charge is 0.105 e. The van der Waals surface area contributed by atoms with Crippen molar-refractivity contribution in [3.63, 3.8) is 0 Å². The molecule has 0 aliphatic heterocycles. The molecule has 0 aliphatic carbocycles. The van der Waals surface area contributed by atoms with Crippen molar-refractivity contribution in [2.24, 2.45) is 0 Å². The van der Waals surface area contributed by atoms with Gasteiger partial charge in [0.15, 0.2) is 0 Å². The molecule has 2 heterocycles. The molecule has 2 rings (SSSR count). The number of rotatable bonds is 5. The maximum atomic E-state index is 5.41. The second kappa shape index (κ2) is 5.32. The lowest BCUT2D eigenvalue weighted by molar-refractivity contribution is 0.457. The largest absolute Gasteiger partial charge is 0.469 e. The SMILES string of the molecule is CCNC(Cc1ccco1)c1sccc1C. The van der Waals surface area contributed by atoms with E-state index in [1.54, 1.807) is 6.26 Å². The second-order valence-electron chi connectivity index (χ2n) is 3.86. The van der Waals surface area contributed by atoms with Crippen LogP contribution in [0, 0.1) is 6.92 Å². The first-order chi connectivity index (χ1) is 7.81. The van der Waals surface area contributed by atoms with Crippen LogP contribution in [0.5, 0.6) is 0 Å². The summed E-state index contributed by atoms with van der Waals surface area (Å²) in [7, 11) is 0. The van der Waals surface area contributed by atoms with Gasteiger partial charge in [0.1, 0.15) is 5.76 Å². The molecule has 0 fully saturated rings. The Bertz CT molecular complexity index is 419. The highest BCUT2D eigenvalue weighted by atomic mass is 32.1. The van der Waals surface area contributed by atoms with Gasteiger partial charge in [0, 0.05) is 17.3 Å². The zero-order valence-corrected chi connectivity index (χ0v) is 10.5. The Balaban J connectivity index is 2.14. The Hall–Kier alpha value is -1.06. The van der Waals surface area contributed by atoms with Gasteiger partial charge in [-0.25, -0.2) is 0 Å². The maximum absolute atomic E-state index is 5.41. The van der Waals surface area contributed by atoms with E-state index >= 15 is 0 Å². The van der Waals surface area contributed by atoms with Crippen molar-refractivity contribution in [1.29, 1.82) is 0 Å². The molecular formula is C13H17NOS. The number of hydrogen-bond acceptors (Lipinski definition) is 3. The van der Waals surface area contributed by atoms with E-state index in [0.29, 0.717) is 6.04 Å². The molecule has 16 heavy (non-hydrogen) atoms. The van der Waals surface area contributed by atoms with Gasteiger partial charge in [-0.2, -0.15) is 0 Å². The monoisotopic (exact) mass is 235 g/mol. The van der Waals surface area contributed by atoms with E-state index in [0.717, 1.165) is 18.7 Å². The van der Waals surface area contributed by atoms with Crippen molar-refractivity contribution < 1.29 is 4.42 Å². The number of nitrogens with one attached hydrogen (secondary N) is 1. The highest BCUT2D eigenvalue weighted by molar-refractivity contribution is 7.10. The summed E-state index contributed by atoms with van der Waals surface area (Å²) >= 11 is 1.82. The predicted octanol–water partition coefficient (Wildman–Crippen LogP) is 3.54. The van der Waals surface area contributed by atoms with E-state index in [-0.39, 0.29) is 0 Å². The molecule has 0 bridgehead atoms. The Morgan fingerprint density at radius 3 is 2.88 bits per heavy atom. The van der Waals surface area contributed by atoms with Gasteiger partial charge in [-0.3, -0.25) is 0 Å². The van der Waals surface area contributed by atoms with Crippen molar-refractivity contribution in [2.45, 2.75) is 26.3 Å². The van der Waals surface area contributed by atoms with E-state index in [1.807, 2.05) is 23.5 Å². The molecule has 86 valence electrons. The van der Waals surface area contributed by atoms with Crippen LogP contribution in [0.15, 0.2) is 34.3 Å². The topological polar surface area (TPSA) is 25.2 Å². The molecule has 1 atom stereocenters. The summed E-state index contributed by atoms with van der Waals surface area (Å²) in [5.74, 6) is 1.04. The zero-order valence-electron chi connectivity index (χ0n) is 9.69. The number of aryl methyl sites for hydroxylation is 1. The van der Waals surface area contributed by atoms with E-state index in [9.17, 15) is 0 Å². The molecule has 1 N–H and O–H groups in total. The normalized spacial score (nSPS) is 12.9. The molecule has 0 saturated carbocycles. The third-order valence-corrected chi connectivity index (χ3v) is 3.79. The average Bonchev–Trinajstić information content (AvgIpc) is 2.88. The second-order valence-corrected chi connectivity index (χ2v) is 4.81. The van der Waals surface area contributed by atoms with E-state index < -0.39 is 0 Å². The quantitative estimate of drug-likeness (QED) is 0.857. The molecule has 0 spiro atoms. The average molecular weight is 235 g/mol. The van der Waals surface area contributed by atoms with Crippen LogP contribution in [0.2, 0.25) is 0 Å². The Kier molecular flexibility index (Phi) is 3.80. The third kappa shape index (κ3) is 2.54. The van der Waals surface area contributed by atoms with Crippen LogP contribution in [0.25, 0.3) is 0 Å². The fraction of sp³-hybridized carbons (Fsp3) is 0.385. The molecule has 3 heteroatoms. The van der Waals surface area contributed by atoms with Gasteiger partial charge in [-0.05, 0) is 42.6 Å². The standard InChI is InChI=1S/C13H17NOS/c1-3-14-12(9-11-5-4-7-15-11)13-10(2)6-8-16-13/h4-8,12,14H,3,9H2,1-2H3. The van der Waals surface area contributed by atoms with E-state index in [4.69, 9.17) is 4.42 Å². The highest BCUT2D eigenvalue weighted by Gasteiger charge is 2.15. The molecule has 0 saturated heterocycles. The van der Waals surface area contributed by atoms with Gasteiger partial charge < -0.3 is 9.73 Å². The molecule has 1 unspecified atom stereocenters. The van der Waals surface area contributed by atoms with Crippen LogP contribution in [0.1, 0.15) is 29.2 Å². The number of furan rings is 1. The van der Waals surface area contributed by atoms with Crippen LogP contribution in [-0.2, 0) is 6.42 Å². The summed E-state index contributed by atoms with van der Waals surface area (Å²) in [5.41, 5.74) is 1.36. The molecule has 0 aliphatic rings. The molecule has 0 amide bonds. The van der Waals surface area contributed by atoms with Crippen LogP contribution in [-0.4, -0.2) is 6.54 Å². The van der Waals surface area contributed by atoms with Gasteiger partial charge in [0.05, 0.1) is 6.26 Å². The first-order valence-corrected chi connectivity index (χ1v) is 6.49. The summed E-state index contributed by atoms with van der Waals surface area (Å²) in [6.07, 6.45) is 2.65. The molecular weight excluding hydrogens is 218 g/mol. The van der Waals surface area contributed by atoms with Crippen LogP contribution < -0.4 is 5.32 Å². The summed E-state index contributed by atoms with van der Waals surface area (Å²) < 4.78 is 5.41. The molecule has 2 aromatic rings. The summed E-state index contributed by atoms with van der Waals surface area (Å²) in [6, 6.07) is 6.52. The number of thiophene rings is 1. The predicted molar refractivity (Wildman–Crippen MR) is 67.9 cm³/mol. The van der Waals surface area contributed by atoms with Crippen molar-refractivity contribution >= 4 is 11.3 Å². The first kappa shape index (κ1) is 11.4. The first-order valence-electron chi connectivity index (χ1n) is 5.61. The van der Waals surface area contributed by atoms with Gasteiger partial charge in [0.25, 0.3) is 0 Å². The molecule has 2 nitrogen and oxygen atoms in total. The van der Waals surface area contributed by atoms with Crippen LogP contribution >= 0.6 is 11.3 Å². The summed E-state index contributed by atoms with van der Waals surface area (Å²) in [6.45, 7) is 5.28. The maximum Gasteiger partial charge on any atom is 0.105 e. The molecule has 0 radical (unpaired) electrons. The van der Waals surface area contributed by atoms with Crippen molar-refractivity contribution in [1.82, 2.24) is 5.32 Å². The lowest BCUT2D eigenvalue weighted by Gasteiger charge is -2.16. The lowest BCUT2D eigenvalue weighted by atomic mass is 10.1. The zero-order chi connectivity index (χ0) is 11.4. The third-order valence-electron chi connectivity index (χ3n) is 2.65. The van der Waals surface area contributed by atoms with Gasteiger partial charge >= 0.3 is 0 Å². The van der Waals surface area contributed by atoms with Gasteiger partial charge in [0.2, 0.25) is 0 Å².